The van der Waals surface area contributed by atoms with Gasteiger partial charge in [0.15, 0.2) is 0 Å². The molecule has 0 saturated heterocycles. The number of phenolic OH excluding ortho intramolecular Hbond substituents is 1. The lowest BCUT2D eigenvalue weighted by molar-refractivity contribution is 0.477. The lowest BCUT2D eigenvalue weighted by Gasteiger charge is -2.01. The molecule has 0 radical (unpaired) electrons. The van der Waals surface area contributed by atoms with Crippen molar-refractivity contribution in [2.45, 2.75) is 13.3 Å². The van der Waals surface area contributed by atoms with Crippen LogP contribution in [0.15, 0.2) is 58.3 Å². The predicted molar refractivity (Wildman–Crippen MR) is 96.1 cm³/mol. The van der Waals surface area contributed by atoms with Gasteiger partial charge in [0, 0.05) is 16.9 Å². The first kappa shape index (κ1) is 16.1. The zero-order valence-corrected chi connectivity index (χ0v) is 13.8. The summed E-state index contributed by atoms with van der Waals surface area (Å²) in [6.45, 7) is 1.95. The van der Waals surface area contributed by atoms with Crippen LogP contribution in [0.3, 0.4) is 0 Å². The summed E-state index contributed by atoms with van der Waals surface area (Å²) in [7, 11) is 0. The van der Waals surface area contributed by atoms with E-state index in [1.807, 2.05) is 6.92 Å². The van der Waals surface area contributed by atoms with Crippen molar-refractivity contribution < 1.29 is 5.11 Å². The molecular formula is C18H16ClN3O2. The highest BCUT2D eigenvalue weighted by Crippen LogP contribution is 2.24. The van der Waals surface area contributed by atoms with E-state index in [-0.39, 0.29) is 11.3 Å². The van der Waals surface area contributed by atoms with Crippen LogP contribution in [0.2, 0.25) is 5.02 Å². The lowest BCUT2D eigenvalue weighted by atomic mass is 10.2. The highest BCUT2D eigenvalue weighted by atomic mass is 35.5. The number of halogens is 1. The average Bonchev–Trinajstić information content (AvgIpc) is 2.91. The Balaban J connectivity index is 2.04. The normalized spacial score (nSPS) is 11.2. The summed E-state index contributed by atoms with van der Waals surface area (Å²) in [6.07, 6.45) is 2.14. The van der Waals surface area contributed by atoms with Crippen LogP contribution in [0.25, 0.3) is 5.69 Å². The second-order valence-electron chi connectivity index (χ2n) is 5.22. The van der Waals surface area contributed by atoms with Gasteiger partial charge in [-0.25, -0.2) is 4.68 Å². The van der Waals surface area contributed by atoms with E-state index in [0.29, 0.717) is 28.4 Å². The molecule has 0 bridgehead atoms. The van der Waals surface area contributed by atoms with E-state index < -0.39 is 0 Å². The van der Waals surface area contributed by atoms with Crippen LogP contribution in [0, 0.1) is 0 Å². The molecule has 2 aromatic carbocycles. The lowest BCUT2D eigenvalue weighted by Crippen LogP contribution is -2.17. The molecule has 2 N–H and O–H groups in total. The Bertz CT molecular complexity index is 940. The standard InChI is InChI=1S/C18H16ClN3O2/c1-2-15-14(11-20-16-5-3-4-6-17(16)23)18(24)22(21-15)13-9-7-12(19)8-10-13/h3-11,21,23H,2H2,1H3. The molecule has 0 amide bonds. The molecule has 0 aliphatic heterocycles. The number of benzene rings is 2. The van der Waals surface area contributed by atoms with Gasteiger partial charge in [0.2, 0.25) is 0 Å². The van der Waals surface area contributed by atoms with Crippen molar-refractivity contribution in [3.8, 4) is 11.4 Å². The van der Waals surface area contributed by atoms with Crippen LogP contribution in [0.5, 0.6) is 5.75 Å². The molecule has 1 aromatic heterocycles. The Morgan fingerprint density at radius 2 is 1.92 bits per heavy atom. The van der Waals surface area contributed by atoms with Crippen LogP contribution >= 0.6 is 11.6 Å². The summed E-state index contributed by atoms with van der Waals surface area (Å²) in [5.74, 6) is 0.0698. The highest BCUT2D eigenvalue weighted by molar-refractivity contribution is 6.30. The summed E-state index contributed by atoms with van der Waals surface area (Å²) < 4.78 is 1.46. The Morgan fingerprint density at radius 1 is 1.21 bits per heavy atom. The molecule has 3 aromatic rings. The summed E-state index contributed by atoms with van der Waals surface area (Å²) in [6, 6.07) is 13.7. The largest absolute Gasteiger partial charge is 0.506 e. The predicted octanol–water partition coefficient (Wildman–Crippen LogP) is 3.84. The molecule has 24 heavy (non-hydrogen) atoms. The molecule has 0 fully saturated rings. The monoisotopic (exact) mass is 341 g/mol. The van der Waals surface area contributed by atoms with E-state index in [9.17, 15) is 9.90 Å². The quantitative estimate of drug-likeness (QED) is 0.708. The Hall–Kier alpha value is -2.79. The van der Waals surface area contributed by atoms with Crippen LogP contribution in [0.1, 0.15) is 18.2 Å². The fraction of sp³-hybridized carbons (Fsp3) is 0.111. The fourth-order valence-electron chi connectivity index (χ4n) is 2.38. The van der Waals surface area contributed by atoms with E-state index in [0.717, 1.165) is 5.69 Å². The van der Waals surface area contributed by atoms with Gasteiger partial charge in [0.05, 0.1) is 11.3 Å². The van der Waals surface area contributed by atoms with Gasteiger partial charge in [-0.3, -0.25) is 14.9 Å². The molecule has 1 heterocycles. The number of aromatic hydroxyl groups is 1. The molecule has 5 nitrogen and oxygen atoms in total. The number of para-hydroxylation sites is 2. The van der Waals surface area contributed by atoms with E-state index in [2.05, 4.69) is 10.1 Å². The number of nitrogens with zero attached hydrogens (tertiary/aromatic N) is 2. The summed E-state index contributed by atoms with van der Waals surface area (Å²) >= 11 is 5.89. The third-order valence-corrected chi connectivity index (χ3v) is 3.91. The molecule has 6 heteroatoms. The van der Waals surface area contributed by atoms with Crippen molar-refractivity contribution in [2.75, 3.05) is 0 Å². The molecule has 3 rings (SSSR count). The minimum absolute atomic E-state index is 0.0698. The fourth-order valence-corrected chi connectivity index (χ4v) is 2.50. The topological polar surface area (TPSA) is 70.4 Å². The Labute approximate surface area is 143 Å². The third-order valence-electron chi connectivity index (χ3n) is 3.66. The number of aromatic amines is 1. The van der Waals surface area contributed by atoms with Gasteiger partial charge in [0.1, 0.15) is 11.4 Å². The first-order valence-corrected chi connectivity index (χ1v) is 7.90. The number of rotatable bonds is 4. The first-order valence-electron chi connectivity index (χ1n) is 7.52. The van der Waals surface area contributed by atoms with E-state index >= 15 is 0 Å². The van der Waals surface area contributed by atoms with Crippen LogP contribution in [-0.4, -0.2) is 21.1 Å². The van der Waals surface area contributed by atoms with Gasteiger partial charge in [-0.15, -0.1) is 0 Å². The van der Waals surface area contributed by atoms with E-state index in [4.69, 9.17) is 11.6 Å². The minimum Gasteiger partial charge on any atom is -0.506 e. The SMILES string of the molecule is CCc1[nH]n(-c2ccc(Cl)cc2)c(=O)c1C=Nc1ccccc1O. The van der Waals surface area contributed by atoms with Gasteiger partial charge >= 0.3 is 0 Å². The molecule has 122 valence electrons. The summed E-state index contributed by atoms with van der Waals surface area (Å²) in [4.78, 5) is 16.9. The van der Waals surface area contributed by atoms with Gasteiger partial charge < -0.3 is 5.11 Å². The number of H-pyrrole nitrogens is 1. The average molecular weight is 342 g/mol. The maximum Gasteiger partial charge on any atom is 0.280 e. The molecule has 0 saturated carbocycles. The van der Waals surface area contributed by atoms with Crippen LogP contribution in [0.4, 0.5) is 5.69 Å². The molecule has 0 spiro atoms. The van der Waals surface area contributed by atoms with Gasteiger partial charge in [-0.1, -0.05) is 30.7 Å². The molecule has 0 atom stereocenters. The third kappa shape index (κ3) is 3.12. The zero-order valence-electron chi connectivity index (χ0n) is 13.0. The Kier molecular flexibility index (Phi) is 4.53. The van der Waals surface area contributed by atoms with Crippen molar-refractivity contribution in [1.29, 1.82) is 0 Å². The van der Waals surface area contributed by atoms with Gasteiger partial charge in [0.25, 0.3) is 5.56 Å². The zero-order chi connectivity index (χ0) is 17.1. The van der Waals surface area contributed by atoms with Gasteiger partial charge in [-0.2, -0.15) is 0 Å². The van der Waals surface area contributed by atoms with Crippen molar-refractivity contribution in [3.63, 3.8) is 0 Å². The number of aromatic nitrogens is 2. The second kappa shape index (κ2) is 6.76. The molecular weight excluding hydrogens is 326 g/mol. The number of aliphatic imine (C=N–C) groups is 1. The maximum absolute atomic E-state index is 12.7. The minimum atomic E-state index is -0.201. The first-order chi connectivity index (χ1) is 11.6. The molecule has 0 unspecified atom stereocenters. The number of hydrogen-bond acceptors (Lipinski definition) is 3. The van der Waals surface area contributed by atoms with Crippen molar-refractivity contribution in [1.82, 2.24) is 9.78 Å². The highest BCUT2D eigenvalue weighted by Gasteiger charge is 2.12. The van der Waals surface area contributed by atoms with Crippen molar-refractivity contribution >= 4 is 23.5 Å². The number of phenols is 1. The molecule has 0 aliphatic rings. The number of aryl methyl sites for hydroxylation is 1. The van der Waals surface area contributed by atoms with Crippen molar-refractivity contribution in [3.05, 3.63) is 75.2 Å². The number of hydrogen-bond donors (Lipinski definition) is 2. The summed E-state index contributed by atoms with van der Waals surface area (Å²) in [5.41, 5.74) is 2.15. The van der Waals surface area contributed by atoms with Crippen LogP contribution in [-0.2, 0) is 6.42 Å². The Morgan fingerprint density at radius 3 is 2.58 bits per heavy atom. The summed E-state index contributed by atoms with van der Waals surface area (Å²) in [5, 5.41) is 13.5. The van der Waals surface area contributed by atoms with Gasteiger partial charge in [-0.05, 0) is 42.8 Å². The van der Waals surface area contributed by atoms with E-state index in [1.165, 1.54) is 10.9 Å². The van der Waals surface area contributed by atoms with Crippen molar-refractivity contribution in [2.24, 2.45) is 4.99 Å². The van der Waals surface area contributed by atoms with E-state index in [1.54, 1.807) is 48.5 Å². The molecule has 0 aliphatic carbocycles. The van der Waals surface area contributed by atoms with Crippen LogP contribution < -0.4 is 5.56 Å². The maximum atomic E-state index is 12.7. The second-order valence-corrected chi connectivity index (χ2v) is 5.66. The number of nitrogens with one attached hydrogen (secondary N) is 1. The smallest absolute Gasteiger partial charge is 0.280 e.